The summed E-state index contributed by atoms with van der Waals surface area (Å²) >= 11 is -5.55. The van der Waals surface area contributed by atoms with Crippen LogP contribution in [0.1, 0.15) is 1.43 Å². The molecule has 2 fully saturated rings. The third kappa shape index (κ3) is 6.04. The average molecular weight is 506 g/mol. The molecule has 9 N–H and O–H groups in total. The number of aliphatic hydroxyl groups is 7. The van der Waals surface area contributed by atoms with E-state index in [1.165, 1.54) is 0 Å². The van der Waals surface area contributed by atoms with Crippen LogP contribution in [0.2, 0.25) is 0 Å². The Kier molecular flexibility index (Phi) is 10.7. The van der Waals surface area contributed by atoms with Crippen LogP contribution in [-0.4, -0.2) is 133 Å². The molecule has 162 valence electrons. The Hall–Kier alpha value is 1.47. The fourth-order valence-corrected chi connectivity index (χ4v) is 3.50. The van der Waals surface area contributed by atoms with Gasteiger partial charge in [0.05, 0.1) is 0 Å². The minimum Gasteiger partial charge on any atom is -1.00 e. The van der Waals surface area contributed by atoms with Crippen LogP contribution in [-0.2, 0) is 21.7 Å². The summed E-state index contributed by atoms with van der Waals surface area (Å²) in [5.74, 6) is -2.35. The number of rotatable bonds is 7. The average Bonchev–Trinajstić information content (AvgIpc) is 2.85. The molecule has 0 aromatic rings. The molecule has 0 aromatic carbocycles. The number of aliphatic hydroxyl groups excluding tert-OH is 7. The Bertz CT molecular complexity index is 555. The van der Waals surface area contributed by atoms with Gasteiger partial charge in [0, 0.05) is 0 Å². The summed E-state index contributed by atoms with van der Waals surface area (Å²) in [5, 5.41) is 68.4. The van der Waals surface area contributed by atoms with Crippen molar-refractivity contribution in [3.8, 4) is 0 Å². The van der Waals surface area contributed by atoms with Gasteiger partial charge in [0.1, 0.15) is 0 Å². The quantitative estimate of drug-likeness (QED) is 0.146. The molecule has 2 heterocycles. The molecule has 14 nitrogen and oxygen atoms in total. The van der Waals surface area contributed by atoms with Gasteiger partial charge in [-0.1, -0.05) is 0 Å². The molecule has 0 saturated carbocycles. The van der Waals surface area contributed by atoms with Gasteiger partial charge in [0.2, 0.25) is 0 Å². The minimum atomic E-state index is -5.55. The van der Waals surface area contributed by atoms with Crippen molar-refractivity contribution >= 4 is 14.5 Å². The third-order valence-corrected chi connectivity index (χ3v) is 5.32. The maximum Gasteiger partial charge on any atom is 1.00 e. The van der Waals surface area contributed by atoms with Crippen molar-refractivity contribution in [2.24, 2.45) is 0 Å². The third-order valence-electron chi connectivity index (χ3n) is 4.30. The second kappa shape index (κ2) is 10.9. The molecule has 2 aliphatic rings. The smallest absolute Gasteiger partial charge is 1.00 e. The zero-order chi connectivity index (χ0) is 20.6. The Morgan fingerprint density at radius 1 is 0.964 bits per heavy atom. The summed E-state index contributed by atoms with van der Waals surface area (Å²) in [6.07, 6.45) is -13.9. The van der Waals surface area contributed by atoms with E-state index in [9.17, 15) is 34.4 Å². The molecule has 28 heavy (non-hydrogen) atoms. The minimum absolute atomic E-state index is 0. The van der Waals surface area contributed by atoms with Crippen LogP contribution in [0.3, 0.4) is 0 Å². The van der Waals surface area contributed by atoms with Gasteiger partial charge in [-0.25, -0.2) is 0 Å². The molecule has 2 rings (SSSR count). The van der Waals surface area contributed by atoms with E-state index in [1.54, 1.807) is 0 Å². The Morgan fingerprint density at radius 3 is 2.04 bits per heavy atom. The van der Waals surface area contributed by atoms with Gasteiger partial charge in [0.25, 0.3) is 0 Å². The van der Waals surface area contributed by atoms with Gasteiger partial charge in [-0.3, -0.25) is 0 Å². The largest absolute Gasteiger partial charge is 1.00 e. The molecule has 2 aliphatic heterocycles. The fraction of sp³-hybridized carbons (Fsp3) is 1.00. The Labute approximate surface area is 205 Å². The van der Waals surface area contributed by atoms with Crippen LogP contribution in [0.15, 0.2) is 0 Å². The summed E-state index contributed by atoms with van der Waals surface area (Å²) in [6, 6.07) is 0. The molecule has 0 aromatic heterocycles. The van der Waals surface area contributed by atoms with Crippen molar-refractivity contribution in [1.82, 2.24) is 0 Å². The van der Waals surface area contributed by atoms with Crippen LogP contribution in [0.25, 0.3) is 0 Å². The van der Waals surface area contributed by atoms with Gasteiger partial charge in [-0.2, -0.15) is 0 Å². The van der Waals surface area contributed by atoms with E-state index in [-0.39, 0.29) is 52.8 Å². The van der Waals surface area contributed by atoms with E-state index < -0.39 is 89.1 Å². The number of hydrogen-bond acceptors (Lipinski definition) is 12. The van der Waals surface area contributed by atoms with Crippen molar-refractivity contribution in [3.63, 3.8) is 0 Å². The SMILES string of the molecule is O=[As](O)(O)OC[C@H]1O[C@H](O[C@]2(CO)O[C@H](CO)[C@@H](O)[C@@H]2O)[C@H](O)[C@@H](O)[C@@H]1O.[H-].[K+]. The van der Waals surface area contributed by atoms with Crippen molar-refractivity contribution in [3.05, 3.63) is 0 Å². The second-order valence-corrected chi connectivity index (χ2v) is 8.76. The predicted octanol–water partition coefficient (Wildman–Crippen LogP) is -9.40. The molecule has 9 atom stereocenters. The van der Waals surface area contributed by atoms with Gasteiger partial charge < -0.3 is 1.43 Å². The van der Waals surface area contributed by atoms with Crippen molar-refractivity contribution < 1.29 is 118 Å². The molecular weight excluding hydrogens is 482 g/mol. The number of hydrogen-bond donors (Lipinski definition) is 9. The van der Waals surface area contributed by atoms with Crippen LogP contribution >= 0.6 is 0 Å². The molecule has 0 aliphatic carbocycles. The molecule has 0 amide bonds. The topological polar surface area (TPSA) is 236 Å². The van der Waals surface area contributed by atoms with Gasteiger partial charge in [-0.05, 0) is 0 Å². The zero-order valence-corrected chi connectivity index (χ0v) is 19.8. The molecular formula is C12H24AsKO14. The maximum atomic E-state index is 10.8. The standard InChI is InChI=1S/C12H23AsO14.K.H/c14-1-4-7(17)10(20)12(3-15,26-4)27-11-9(19)8(18)6(16)5(25-11)2-24-13(21,22)23;;/h4-11,14-20H,1-3H2,(H2,21,22,23);;/q;+1;-1/t4-,5-,6-,7-,8+,9-,10+,11-,12+;;/m1../s1. The Balaban J connectivity index is 0.00000392. The summed E-state index contributed by atoms with van der Waals surface area (Å²) in [6.45, 7) is -2.66. The fourth-order valence-electron chi connectivity index (χ4n) is 2.79. The molecule has 2 saturated heterocycles. The van der Waals surface area contributed by atoms with E-state index in [4.69, 9.17) is 27.5 Å². The van der Waals surface area contributed by atoms with Gasteiger partial charge in [0.15, 0.2) is 0 Å². The summed E-state index contributed by atoms with van der Waals surface area (Å²) in [5.41, 5.74) is 0. The van der Waals surface area contributed by atoms with E-state index >= 15 is 0 Å². The zero-order valence-electron chi connectivity index (χ0n) is 15.8. The van der Waals surface area contributed by atoms with E-state index in [1.807, 2.05) is 0 Å². The first-order chi connectivity index (χ1) is 12.5. The van der Waals surface area contributed by atoms with E-state index in [2.05, 4.69) is 3.73 Å². The van der Waals surface area contributed by atoms with E-state index in [0.717, 1.165) is 0 Å². The molecule has 16 heteroatoms. The van der Waals surface area contributed by atoms with Crippen LogP contribution in [0.4, 0.5) is 0 Å². The Morgan fingerprint density at radius 2 is 1.57 bits per heavy atom. The summed E-state index contributed by atoms with van der Waals surface area (Å²) in [4.78, 5) is 0. The molecule has 0 radical (unpaired) electrons. The van der Waals surface area contributed by atoms with Crippen molar-refractivity contribution in [2.45, 2.75) is 54.8 Å². The summed E-state index contributed by atoms with van der Waals surface area (Å²) < 4.78 is 48.1. The van der Waals surface area contributed by atoms with Crippen LogP contribution in [0, 0.1) is 0 Å². The molecule has 0 spiro atoms. The maximum absolute atomic E-state index is 10.8. The second-order valence-electron chi connectivity index (χ2n) is 6.16. The van der Waals surface area contributed by atoms with Gasteiger partial charge in [-0.15, -0.1) is 0 Å². The summed E-state index contributed by atoms with van der Waals surface area (Å²) in [7, 11) is 0. The van der Waals surface area contributed by atoms with E-state index in [0.29, 0.717) is 0 Å². The first-order valence-electron chi connectivity index (χ1n) is 7.79. The number of ether oxygens (including phenoxy) is 3. The van der Waals surface area contributed by atoms with Crippen LogP contribution < -0.4 is 51.4 Å². The molecule has 0 bridgehead atoms. The predicted molar refractivity (Wildman–Crippen MR) is 79.5 cm³/mol. The van der Waals surface area contributed by atoms with Gasteiger partial charge >= 0.3 is 206 Å². The first-order valence-corrected chi connectivity index (χ1v) is 11.0. The first kappa shape index (κ1) is 27.5. The van der Waals surface area contributed by atoms with Crippen molar-refractivity contribution in [2.75, 3.05) is 19.8 Å². The molecule has 0 unspecified atom stereocenters. The normalized spacial score (nSPS) is 44.3. The monoisotopic (exact) mass is 506 g/mol. The van der Waals surface area contributed by atoms with Crippen molar-refractivity contribution in [1.29, 1.82) is 0 Å². The van der Waals surface area contributed by atoms with Crippen LogP contribution in [0.5, 0.6) is 0 Å².